The zero-order valence-corrected chi connectivity index (χ0v) is 18.5. The van der Waals surface area contributed by atoms with Crippen LogP contribution in [0.3, 0.4) is 0 Å². The van der Waals surface area contributed by atoms with Crippen LogP contribution in [-0.4, -0.2) is 18.9 Å². The van der Waals surface area contributed by atoms with E-state index in [1.165, 1.54) is 0 Å². The number of aliphatic imine (C=N–C) groups is 1. The van der Waals surface area contributed by atoms with Gasteiger partial charge in [0.15, 0.2) is 0 Å². The predicted octanol–water partition coefficient (Wildman–Crippen LogP) is 6.51. The summed E-state index contributed by atoms with van der Waals surface area (Å²) < 4.78 is 11.3. The third-order valence-electron chi connectivity index (χ3n) is 4.77. The SMILES string of the molecule is CC=N/C(=C\C)c1ccccc1OCCc1ccc(NC(=O)OCc2ccccc2)cc1. The van der Waals surface area contributed by atoms with Crippen molar-refractivity contribution in [3.8, 4) is 5.75 Å². The Morgan fingerprint density at radius 3 is 2.34 bits per heavy atom. The molecule has 0 spiro atoms. The van der Waals surface area contributed by atoms with Gasteiger partial charge in [-0.05, 0) is 49.2 Å². The molecule has 0 bridgehead atoms. The van der Waals surface area contributed by atoms with E-state index in [4.69, 9.17) is 9.47 Å². The second-order valence-electron chi connectivity index (χ2n) is 7.04. The molecule has 0 aliphatic carbocycles. The van der Waals surface area contributed by atoms with E-state index in [0.717, 1.165) is 34.6 Å². The molecule has 0 heterocycles. The van der Waals surface area contributed by atoms with Crippen molar-refractivity contribution in [3.05, 3.63) is 102 Å². The van der Waals surface area contributed by atoms with Gasteiger partial charge in [0.2, 0.25) is 0 Å². The fourth-order valence-electron chi connectivity index (χ4n) is 3.15. The van der Waals surface area contributed by atoms with Gasteiger partial charge >= 0.3 is 6.09 Å². The molecule has 0 saturated carbocycles. The lowest BCUT2D eigenvalue weighted by atomic mass is 10.1. The number of benzene rings is 3. The molecule has 1 N–H and O–H groups in total. The third-order valence-corrected chi connectivity index (χ3v) is 4.77. The number of para-hydroxylation sites is 1. The number of rotatable bonds is 9. The number of anilines is 1. The summed E-state index contributed by atoms with van der Waals surface area (Å²) in [5.74, 6) is 0.811. The largest absolute Gasteiger partial charge is 0.493 e. The summed E-state index contributed by atoms with van der Waals surface area (Å²) in [6.07, 6.45) is 4.02. The van der Waals surface area contributed by atoms with Gasteiger partial charge in [-0.25, -0.2) is 4.79 Å². The smallest absolute Gasteiger partial charge is 0.411 e. The lowest BCUT2D eigenvalue weighted by Crippen LogP contribution is -2.13. The maximum Gasteiger partial charge on any atom is 0.411 e. The van der Waals surface area contributed by atoms with E-state index >= 15 is 0 Å². The monoisotopic (exact) mass is 428 g/mol. The summed E-state index contributed by atoms with van der Waals surface area (Å²) in [5, 5.41) is 2.75. The Labute approximate surface area is 189 Å². The van der Waals surface area contributed by atoms with Crippen LogP contribution in [0.2, 0.25) is 0 Å². The zero-order chi connectivity index (χ0) is 22.6. The number of carbonyl (C=O) groups excluding carboxylic acids is 1. The molecule has 164 valence electrons. The van der Waals surface area contributed by atoms with E-state index < -0.39 is 6.09 Å². The summed E-state index contributed by atoms with van der Waals surface area (Å²) in [5.41, 5.74) is 4.61. The number of hydrogen-bond acceptors (Lipinski definition) is 4. The Morgan fingerprint density at radius 2 is 1.62 bits per heavy atom. The first-order valence-corrected chi connectivity index (χ1v) is 10.6. The fourth-order valence-corrected chi connectivity index (χ4v) is 3.15. The van der Waals surface area contributed by atoms with Crippen LogP contribution in [0.5, 0.6) is 5.75 Å². The van der Waals surface area contributed by atoms with Gasteiger partial charge < -0.3 is 9.47 Å². The highest BCUT2D eigenvalue weighted by atomic mass is 16.5. The average molecular weight is 429 g/mol. The summed E-state index contributed by atoms with van der Waals surface area (Å²) >= 11 is 0. The normalized spacial score (nSPS) is 11.4. The summed E-state index contributed by atoms with van der Waals surface area (Å²) in [7, 11) is 0. The Hall–Kier alpha value is -3.86. The molecule has 0 aliphatic rings. The van der Waals surface area contributed by atoms with E-state index in [1.807, 2.05) is 98.8 Å². The third kappa shape index (κ3) is 6.84. The van der Waals surface area contributed by atoms with Gasteiger partial charge in [-0.15, -0.1) is 0 Å². The molecule has 5 heteroatoms. The number of carbonyl (C=O) groups is 1. The fraction of sp³-hybridized carbons (Fsp3) is 0.185. The molecule has 0 aliphatic heterocycles. The van der Waals surface area contributed by atoms with Gasteiger partial charge in [-0.1, -0.05) is 60.7 Å². The second-order valence-corrected chi connectivity index (χ2v) is 7.04. The van der Waals surface area contributed by atoms with E-state index in [0.29, 0.717) is 12.3 Å². The van der Waals surface area contributed by atoms with Crippen molar-refractivity contribution >= 4 is 23.7 Å². The van der Waals surface area contributed by atoms with E-state index in [9.17, 15) is 4.79 Å². The lowest BCUT2D eigenvalue weighted by Gasteiger charge is -2.12. The Bertz CT molecular complexity index is 1060. The average Bonchev–Trinajstić information content (AvgIpc) is 2.83. The highest BCUT2D eigenvalue weighted by Crippen LogP contribution is 2.27. The molecular formula is C27H28N2O3. The molecule has 0 unspecified atom stereocenters. The van der Waals surface area contributed by atoms with Crippen molar-refractivity contribution in [3.63, 3.8) is 0 Å². The molecular weight excluding hydrogens is 400 g/mol. The first kappa shape index (κ1) is 22.8. The maximum atomic E-state index is 12.0. The number of nitrogens with zero attached hydrogens (tertiary/aromatic N) is 1. The van der Waals surface area contributed by atoms with Crippen molar-refractivity contribution < 1.29 is 14.3 Å². The topological polar surface area (TPSA) is 59.9 Å². The van der Waals surface area contributed by atoms with E-state index in [-0.39, 0.29) is 6.61 Å². The van der Waals surface area contributed by atoms with Crippen LogP contribution in [0.1, 0.15) is 30.5 Å². The molecule has 0 radical (unpaired) electrons. The van der Waals surface area contributed by atoms with Crippen LogP contribution < -0.4 is 10.1 Å². The highest BCUT2D eigenvalue weighted by Gasteiger charge is 2.07. The molecule has 0 aromatic heterocycles. The zero-order valence-electron chi connectivity index (χ0n) is 18.5. The van der Waals surface area contributed by atoms with Gasteiger partial charge in [0.25, 0.3) is 0 Å². The summed E-state index contributed by atoms with van der Waals surface area (Å²) in [6, 6.07) is 25.2. The van der Waals surface area contributed by atoms with Crippen LogP contribution in [0.25, 0.3) is 5.70 Å². The number of ether oxygens (including phenoxy) is 2. The van der Waals surface area contributed by atoms with Crippen molar-refractivity contribution in [2.45, 2.75) is 26.9 Å². The van der Waals surface area contributed by atoms with Gasteiger partial charge in [0, 0.05) is 23.9 Å². The van der Waals surface area contributed by atoms with Gasteiger partial charge in [0.05, 0.1) is 12.3 Å². The van der Waals surface area contributed by atoms with Crippen LogP contribution in [0.15, 0.2) is 89.9 Å². The Balaban J connectivity index is 1.49. The lowest BCUT2D eigenvalue weighted by molar-refractivity contribution is 0.155. The molecule has 3 rings (SSSR count). The van der Waals surface area contributed by atoms with Crippen molar-refractivity contribution in [1.29, 1.82) is 0 Å². The molecule has 3 aromatic carbocycles. The van der Waals surface area contributed by atoms with Crippen LogP contribution in [-0.2, 0) is 17.8 Å². The van der Waals surface area contributed by atoms with E-state index in [1.54, 1.807) is 6.21 Å². The van der Waals surface area contributed by atoms with Gasteiger partial charge in [0.1, 0.15) is 12.4 Å². The maximum absolute atomic E-state index is 12.0. The Morgan fingerprint density at radius 1 is 0.906 bits per heavy atom. The first-order chi connectivity index (χ1) is 15.7. The summed E-state index contributed by atoms with van der Waals surface area (Å²) in [4.78, 5) is 16.4. The van der Waals surface area contributed by atoms with Crippen LogP contribution >= 0.6 is 0 Å². The van der Waals surface area contributed by atoms with Gasteiger partial charge in [-0.3, -0.25) is 10.3 Å². The number of amides is 1. The minimum atomic E-state index is -0.476. The predicted molar refractivity (Wildman–Crippen MR) is 130 cm³/mol. The molecule has 0 fully saturated rings. The number of nitrogens with one attached hydrogen (secondary N) is 1. The summed E-state index contributed by atoms with van der Waals surface area (Å²) in [6.45, 7) is 4.64. The standard InChI is InChI=1S/C27H28N2O3/c1-3-25(28-4-2)24-12-8-9-13-26(24)31-19-18-21-14-16-23(17-15-21)29-27(30)32-20-22-10-6-5-7-11-22/h3-17H,18-20H2,1-2H3,(H,29,30)/b25-3-,28-4?. The highest BCUT2D eigenvalue weighted by molar-refractivity contribution is 5.84. The molecule has 5 nitrogen and oxygen atoms in total. The second kappa shape index (κ2) is 12.1. The molecule has 0 atom stereocenters. The van der Waals surface area contributed by atoms with E-state index in [2.05, 4.69) is 10.3 Å². The molecule has 3 aromatic rings. The molecule has 0 saturated heterocycles. The van der Waals surface area contributed by atoms with Crippen LogP contribution in [0, 0.1) is 0 Å². The Kier molecular flexibility index (Phi) is 8.63. The first-order valence-electron chi connectivity index (χ1n) is 10.6. The van der Waals surface area contributed by atoms with Crippen LogP contribution in [0.4, 0.5) is 10.5 Å². The van der Waals surface area contributed by atoms with Gasteiger partial charge in [-0.2, -0.15) is 0 Å². The van der Waals surface area contributed by atoms with Crippen molar-refractivity contribution in [2.24, 2.45) is 4.99 Å². The number of hydrogen-bond donors (Lipinski definition) is 1. The minimum Gasteiger partial charge on any atom is -0.493 e. The quantitative estimate of drug-likeness (QED) is 0.395. The minimum absolute atomic E-state index is 0.238. The molecule has 1 amide bonds. The number of allylic oxidation sites excluding steroid dienone is 1. The van der Waals surface area contributed by atoms with Crippen molar-refractivity contribution in [1.82, 2.24) is 0 Å². The van der Waals surface area contributed by atoms with Crippen molar-refractivity contribution in [2.75, 3.05) is 11.9 Å². The molecule has 32 heavy (non-hydrogen) atoms.